The number of carbonyl (C=O) groups excluding carboxylic acids is 1. The maximum Gasteiger partial charge on any atom is 0.238 e. The lowest BCUT2D eigenvalue weighted by Crippen LogP contribution is -2.50. The minimum Gasteiger partial charge on any atom is -0.345 e. The van der Waals surface area contributed by atoms with Gasteiger partial charge in [0.1, 0.15) is 5.75 Å². The number of hydrogen-bond acceptors (Lipinski definition) is 6. The second-order valence-electron chi connectivity index (χ2n) is 7.23. The number of aryl methyl sites for hydroxylation is 1. The molecule has 0 bridgehead atoms. The van der Waals surface area contributed by atoms with Crippen molar-refractivity contribution in [3.63, 3.8) is 0 Å². The van der Waals surface area contributed by atoms with Gasteiger partial charge in [0.25, 0.3) is 0 Å². The second-order valence-corrected chi connectivity index (χ2v) is 10.7. The van der Waals surface area contributed by atoms with Crippen LogP contribution in [0.15, 0.2) is 47.4 Å². The third kappa shape index (κ3) is 4.45. The zero-order valence-electron chi connectivity index (χ0n) is 16.5. The second kappa shape index (κ2) is 8.53. The van der Waals surface area contributed by atoms with E-state index in [9.17, 15) is 13.2 Å². The Morgan fingerprint density at radius 3 is 2.47 bits per heavy atom. The van der Waals surface area contributed by atoms with Crippen molar-refractivity contribution < 1.29 is 13.2 Å². The van der Waals surface area contributed by atoms with Crippen molar-refractivity contribution in [2.24, 2.45) is 0 Å². The highest BCUT2D eigenvalue weighted by Gasteiger charge is 2.27. The smallest absolute Gasteiger partial charge is 0.238 e. The van der Waals surface area contributed by atoms with Crippen LogP contribution in [0.5, 0.6) is 0 Å². The monoisotopic (exact) mass is 463 g/mol. The molecule has 3 aromatic rings. The van der Waals surface area contributed by atoms with E-state index in [0.717, 1.165) is 21.8 Å². The van der Waals surface area contributed by atoms with Gasteiger partial charge >= 0.3 is 0 Å². The molecule has 1 aromatic heterocycles. The van der Waals surface area contributed by atoms with E-state index < -0.39 is 15.6 Å². The Balaban J connectivity index is 1.39. The van der Waals surface area contributed by atoms with E-state index >= 15 is 0 Å². The molecule has 30 heavy (non-hydrogen) atoms. The number of fused-ring (bicyclic) bond motifs is 1. The topological polar surface area (TPSA) is 70.6 Å². The molecule has 1 fully saturated rings. The van der Waals surface area contributed by atoms with Gasteiger partial charge < -0.3 is 9.80 Å². The molecule has 0 unspecified atom stereocenters. The molecule has 0 atom stereocenters. The number of aromatic nitrogens is 1. The predicted molar refractivity (Wildman–Crippen MR) is 121 cm³/mol. The minimum absolute atomic E-state index is 0.111. The van der Waals surface area contributed by atoms with Crippen LogP contribution in [0.2, 0.25) is 5.02 Å². The Bertz CT molecular complexity index is 1170. The molecule has 2 heterocycles. The van der Waals surface area contributed by atoms with E-state index in [1.54, 1.807) is 16.2 Å². The summed E-state index contributed by atoms with van der Waals surface area (Å²) in [6.07, 6.45) is 0.989. The highest BCUT2D eigenvalue weighted by Crippen LogP contribution is 2.30. The summed E-state index contributed by atoms with van der Waals surface area (Å²) in [7, 11) is -3.69. The number of benzene rings is 2. The summed E-state index contributed by atoms with van der Waals surface area (Å²) >= 11 is 7.47. The predicted octanol–water partition coefficient (Wildman–Crippen LogP) is 3.63. The maximum atomic E-state index is 12.6. The first-order valence-corrected chi connectivity index (χ1v) is 12.6. The first kappa shape index (κ1) is 21.1. The highest BCUT2D eigenvalue weighted by atomic mass is 35.5. The summed E-state index contributed by atoms with van der Waals surface area (Å²) in [5.41, 5.74) is 2.27. The summed E-state index contributed by atoms with van der Waals surface area (Å²) in [4.78, 5) is 21.2. The van der Waals surface area contributed by atoms with Crippen molar-refractivity contribution in [1.29, 1.82) is 0 Å². The number of rotatable bonds is 5. The minimum atomic E-state index is -3.69. The molecule has 1 amide bonds. The number of amides is 1. The van der Waals surface area contributed by atoms with Gasteiger partial charge in [0.2, 0.25) is 5.91 Å². The average molecular weight is 464 g/mol. The quantitative estimate of drug-likeness (QED) is 0.577. The number of nitrogens with zero attached hydrogens (tertiary/aromatic N) is 3. The van der Waals surface area contributed by atoms with Crippen molar-refractivity contribution in [1.82, 2.24) is 9.88 Å². The molecule has 0 aliphatic carbocycles. The van der Waals surface area contributed by atoms with Crippen LogP contribution in [0.3, 0.4) is 0 Å². The largest absolute Gasteiger partial charge is 0.345 e. The number of halogens is 1. The first-order valence-electron chi connectivity index (χ1n) is 9.76. The number of piperazine rings is 1. The van der Waals surface area contributed by atoms with Gasteiger partial charge in [0.05, 0.1) is 15.1 Å². The molecule has 0 radical (unpaired) electrons. The molecule has 9 heteroatoms. The van der Waals surface area contributed by atoms with Gasteiger partial charge in [-0.1, -0.05) is 35.9 Å². The lowest BCUT2D eigenvalue weighted by Gasteiger charge is -2.34. The fourth-order valence-electron chi connectivity index (χ4n) is 3.44. The number of anilines is 1. The molecule has 1 aliphatic heterocycles. The molecule has 6 nitrogen and oxygen atoms in total. The van der Waals surface area contributed by atoms with Gasteiger partial charge in [-0.15, -0.1) is 0 Å². The van der Waals surface area contributed by atoms with Crippen molar-refractivity contribution in [3.8, 4) is 0 Å². The maximum absolute atomic E-state index is 12.6. The van der Waals surface area contributed by atoms with Gasteiger partial charge in [0, 0.05) is 31.2 Å². The van der Waals surface area contributed by atoms with Gasteiger partial charge in [-0.2, -0.15) is 0 Å². The van der Waals surface area contributed by atoms with Crippen LogP contribution in [0.25, 0.3) is 10.2 Å². The molecule has 0 saturated carbocycles. The van der Waals surface area contributed by atoms with E-state index in [1.165, 1.54) is 29.8 Å². The first-order chi connectivity index (χ1) is 14.4. The summed E-state index contributed by atoms with van der Waals surface area (Å²) in [5.74, 6) is -0.906. The van der Waals surface area contributed by atoms with Crippen LogP contribution in [-0.2, 0) is 21.1 Å². The number of hydrogen-bond donors (Lipinski definition) is 0. The van der Waals surface area contributed by atoms with Crippen LogP contribution in [-0.4, -0.2) is 56.1 Å². The molecule has 4 rings (SSSR count). The molecule has 2 aromatic carbocycles. The van der Waals surface area contributed by atoms with Crippen LogP contribution < -0.4 is 4.90 Å². The molecule has 158 valence electrons. The summed E-state index contributed by atoms with van der Waals surface area (Å²) < 4.78 is 26.2. The van der Waals surface area contributed by atoms with Gasteiger partial charge in [0.15, 0.2) is 15.0 Å². The Morgan fingerprint density at radius 1 is 1.10 bits per heavy atom. The summed E-state index contributed by atoms with van der Waals surface area (Å²) in [5, 5.41) is 1.40. The van der Waals surface area contributed by atoms with Crippen molar-refractivity contribution in [2.75, 3.05) is 36.8 Å². The molecular weight excluding hydrogens is 442 g/mol. The molecule has 0 spiro atoms. The normalized spacial score (nSPS) is 15.0. The SMILES string of the molecule is CCc1ccc2nc(N3CCN(C(=O)CS(=O)(=O)c4ccc(Cl)cc4)CC3)sc2c1. The lowest BCUT2D eigenvalue weighted by atomic mass is 10.2. The van der Waals surface area contributed by atoms with E-state index in [-0.39, 0.29) is 10.8 Å². The van der Waals surface area contributed by atoms with Gasteiger partial charge in [-0.25, -0.2) is 13.4 Å². The lowest BCUT2D eigenvalue weighted by molar-refractivity contribution is -0.128. The van der Waals surface area contributed by atoms with E-state index in [4.69, 9.17) is 16.6 Å². The summed E-state index contributed by atoms with van der Waals surface area (Å²) in [6, 6.07) is 12.2. The van der Waals surface area contributed by atoms with Gasteiger partial charge in [-0.05, 0) is 48.4 Å². The fourth-order valence-corrected chi connectivity index (χ4v) is 5.87. The molecule has 1 aliphatic rings. The summed E-state index contributed by atoms with van der Waals surface area (Å²) in [6.45, 7) is 4.35. The van der Waals surface area contributed by atoms with Gasteiger partial charge in [-0.3, -0.25) is 4.79 Å². The van der Waals surface area contributed by atoms with Crippen LogP contribution in [0.4, 0.5) is 5.13 Å². The van der Waals surface area contributed by atoms with Crippen LogP contribution in [0, 0.1) is 0 Å². The third-order valence-electron chi connectivity index (χ3n) is 5.24. The zero-order valence-corrected chi connectivity index (χ0v) is 18.9. The zero-order chi connectivity index (χ0) is 21.3. The highest BCUT2D eigenvalue weighted by molar-refractivity contribution is 7.92. The van der Waals surface area contributed by atoms with Crippen LogP contribution in [0.1, 0.15) is 12.5 Å². The van der Waals surface area contributed by atoms with Crippen molar-refractivity contribution in [2.45, 2.75) is 18.2 Å². The number of thiazole rings is 1. The van der Waals surface area contributed by atoms with Crippen molar-refractivity contribution >= 4 is 54.0 Å². The molecule has 1 saturated heterocycles. The van der Waals surface area contributed by atoms with E-state index in [0.29, 0.717) is 31.2 Å². The Morgan fingerprint density at radius 2 is 1.80 bits per heavy atom. The Kier molecular flexibility index (Phi) is 5.99. The fraction of sp³-hybridized carbons (Fsp3) is 0.333. The average Bonchev–Trinajstić information content (AvgIpc) is 3.17. The number of sulfone groups is 1. The van der Waals surface area contributed by atoms with E-state index in [2.05, 4.69) is 30.0 Å². The molecular formula is C21H22ClN3O3S2. The molecule has 0 N–H and O–H groups in total. The van der Waals surface area contributed by atoms with E-state index in [1.807, 2.05) is 0 Å². The van der Waals surface area contributed by atoms with Crippen LogP contribution >= 0.6 is 22.9 Å². The van der Waals surface area contributed by atoms with Crippen molar-refractivity contribution in [3.05, 3.63) is 53.1 Å². The Labute approximate surface area is 185 Å². The third-order valence-corrected chi connectivity index (χ3v) is 8.19. The Hall–Kier alpha value is -2.16. The standard InChI is InChI=1S/C21H22ClN3O3S2/c1-2-15-3-8-18-19(13-15)29-21(23-18)25-11-9-24(10-12-25)20(26)14-30(27,28)17-6-4-16(22)5-7-17/h3-8,13H,2,9-12,14H2,1H3. The number of carbonyl (C=O) groups is 1.